The molecule has 0 N–H and O–H groups in total. The largest absolute Gasteiger partial charge is 0.334 e. The Balaban J connectivity index is 1.84. The molecule has 1 aromatic rings. The van der Waals surface area contributed by atoms with E-state index in [-0.39, 0.29) is 47.4 Å². The first kappa shape index (κ1) is 18.8. The van der Waals surface area contributed by atoms with Gasteiger partial charge in [-0.15, -0.1) is 0 Å². The third kappa shape index (κ3) is 3.60. The molecule has 1 aliphatic heterocycles. The van der Waals surface area contributed by atoms with Gasteiger partial charge in [-0.3, -0.25) is 19.6 Å². The van der Waals surface area contributed by atoms with Crippen LogP contribution in [-0.4, -0.2) is 57.5 Å². The second kappa shape index (κ2) is 6.98. The summed E-state index contributed by atoms with van der Waals surface area (Å²) in [4.78, 5) is 25.4. The van der Waals surface area contributed by atoms with Crippen LogP contribution in [0.5, 0.6) is 0 Å². The number of hydrogen-bond acceptors (Lipinski definition) is 6. The molecule has 0 aromatic carbocycles. The molecule has 3 rings (SSSR count). The fourth-order valence-corrected chi connectivity index (χ4v) is 5.91. The van der Waals surface area contributed by atoms with Crippen molar-refractivity contribution in [3.63, 3.8) is 0 Å². The molecule has 9 nitrogen and oxygen atoms in total. The first-order chi connectivity index (χ1) is 12.2. The molecule has 0 bridgehead atoms. The zero-order valence-corrected chi connectivity index (χ0v) is 15.9. The summed E-state index contributed by atoms with van der Waals surface area (Å²) >= 11 is 0. The van der Waals surface area contributed by atoms with E-state index >= 15 is 0 Å². The Morgan fingerprint density at radius 3 is 2.42 bits per heavy atom. The molecular weight excluding hydrogens is 360 g/mol. The van der Waals surface area contributed by atoms with Gasteiger partial charge in [0.05, 0.1) is 16.4 Å². The second-order valence-electron chi connectivity index (χ2n) is 7.23. The summed E-state index contributed by atoms with van der Waals surface area (Å²) in [6.45, 7) is 3.02. The number of hydrogen-bond donors (Lipinski definition) is 0. The van der Waals surface area contributed by atoms with Gasteiger partial charge in [0.1, 0.15) is 17.9 Å². The minimum Gasteiger partial charge on any atom is -0.334 e. The van der Waals surface area contributed by atoms with E-state index in [1.54, 1.807) is 18.7 Å². The number of carbonyl (C=O) groups is 1. The average Bonchev–Trinajstić information content (AvgIpc) is 3.22. The Hall–Kier alpha value is -1.97. The smallest absolute Gasteiger partial charge is 0.312 e. The third-order valence-electron chi connectivity index (χ3n) is 5.42. The maximum Gasteiger partial charge on any atom is 0.312 e. The van der Waals surface area contributed by atoms with Gasteiger partial charge in [0.2, 0.25) is 5.91 Å². The van der Waals surface area contributed by atoms with Gasteiger partial charge in [0.15, 0.2) is 9.84 Å². The number of sulfone groups is 1. The van der Waals surface area contributed by atoms with E-state index in [1.165, 1.54) is 4.68 Å². The van der Waals surface area contributed by atoms with Crippen molar-refractivity contribution in [2.75, 3.05) is 11.5 Å². The van der Waals surface area contributed by atoms with Crippen LogP contribution in [0.3, 0.4) is 0 Å². The first-order valence-electron chi connectivity index (χ1n) is 8.89. The number of aromatic nitrogens is 2. The van der Waals surface area contributed by atoms with Crippen molar-refractivity contribution in [3.05, 3.63) is 21.5 Å². The molecule has 1 saturated heterocycles. The maximum absolute atomic E-state index is 13.0. The Kier molecular flexibility index (Phi) is 5.05. The molecule has 1 aliphatic carbocycles. The standard InChI is InChI=1S/C16H24N4O5S/c1-11-16(20(22)23)12(2)18(17-11)9-15(21)19(13-5-3-4-6-13)14-7-8-26(24,25)10-14/h13-14H,3-10H2,1-2H3/t14-/m0/s1. The lowest BCUT2D eigenvalue weighted by Crippen LogP contribution is -2.48. The van der Waals surface area contributed by atoms with E-state index in [1.807, 2.05) is 0 Å². The van der Waals surface area contributed by atoms with Crippen molar-refractivity contribution in [2.45, 2.75) is 64.6 Å². The summed E-state index contributed by atoms with van der Waals surface area (Å²) in [5.74, 6) is -0.0917. The number of nitro groups is 1. The molecule has 10 heteroatoms. The predicted molar refractivity (Wildman–Crippen MR) is 94.5 cm³/mol. The maximum atomic E-state index is 13.0. The first-order valence-corrected chi connectivity index (χ1v) is 10.7. The topological polar surface area (TPSA) is 115 Å². The van der Waals surface area contributed by atoms with Gasteiger partial charge >= 0.3 is 5.69 Å². The molecule has 2 aliphatic rings. The molecule has 0 unspecified atom stereocenters. The van der Waals surface area contributed by atoms with Gasteiger partial charge in [-0.25, -0.2) is 8.42 Å². The average molecular weight is 384 g/mol. The number of aryl methyl sites for hydroxylation is 1. The van der Waals surface area contributed by atoms with Crippen molar-refractivity contribution < 1.29 is 18.1 Å². The van der Waals surface area contributed by atoms with Crippen LogP contribution in [0.15, 0.2) is 0 Å². The highest BCUT2D eigenvalue weighted by atomic mass is 32.2. The molecule has 1 aromatic heterocycles. The Morgan fingerprint density at radius 2 is 1.92 bits per heavy atom. The van der Waals surface area contributed by atoms with Crippen LogP contribution in [0.2, 0.25) is 0 Å². The SMILES string of the molecule is Cc1nn(CC(=O)N(C2CCCC2)[C@H]2CCS(=O)(=O)C2)c(C)c1[N+](=O)[O-]. The molecule has 1 amide bonds. The molecule has 0 radical (unpaired) electrons. The molecule has 1 atom stereocenters. The number of rotatable bonds is 5. The lowest BCUT2D eigenvalue weighted by atomic mass is 10.1. The number of nitrogens with zero attached hydrogens (tertiary/aromatic N) is 4. The summed E-state index contributed by atoms with van der Waals surface area (Å²) in [5.41, 5.74) is 0.538. The van der Waals surface area contributed by atoms with E-state index in [0.717, 1.165) is 25.7 Å². The van der Waals surface area contributed by atoms with Gasteiger partial charge in [0.25, 0.3) is 0 Å². The van der Waals surface area contributed by atoms with Crippen LogP contribution >= 0.6 is 0 Å². The van der Waals surface area contributed by atoms with E-state index in [4.69, 9.17) is 0 Å². The molecular formula is C16H24N4O5S. The summed E-state index contributed by atoms with van der Waals surface area (Å²) in [6.07, 6.45) is 4.26. The summed E-state index contributed by atoms with van der Waals surface area (Å²) in [5, 5.41) is 15.3. The van der Waals surface area contributed by atoms with Crippen LogP contribution in [0, 0.1) is 24.0 Å². The van der Waals surface area contributed by atoms with E-state index < -0.39 is 14.8 Å². The zero-order chi connectivity index (χ0) is 19.1. The minimum absolute atomic E-state index is 0.00645. The Bertz CT molecular complexity index is 826. The molecule has 2 heterocycles. The quantitative estimate of drug-likeness (QED) is 0.559. The van der Waals surface area contributed by atoms with Crippen molar-refractivity contribution >= 4 is 21.4 Å². The van der Waals surface area contributed by atoms with Gasteiger partial charge < -0.3 is 4.90 Å². The highest BCUT2D eigenvalue weighted by molar-refractivity contribution is 7.91. The van der Waals surface area contributed by atoms with E-state index in [2.05, 4.69) is 5.10 Å². The Morgan fingerprint density at radius 1 is 1.27 bits per heavy atom. The molecule has 26 heavy (non-hydrogen) atoms. The monoisotopic (exact) mass is 384 g/mol. The molecule has 1 saturated carbocycles. The summed E-state index contributed by atoms with van der Waals surface area (Å²) in [7, 11) is -3.10. The Labute approximate surface area is 152 Å². The number of amides is 1. The van der Waals surface area contributed by atoms with Gasteiger partial charge in [0, 0.05) is 12.1 Å². The van der Waals surface area contributed by atoms with Crippen LogP contribution in [0.25, 0.3) is 0 Å². The normalized spacial score (nSPS) is 22.6. The van der Waals surface area contributed by atoms with E-state index in [0.29, 0.717) is 12.1 Å². The van der Waals surface area contributed by atoms with Gasteiger partial charge in [-0.1, -0.05) is 12.8 Å². The van der Waals surface area contributed by atoms with Crippen LogP contribution in [0.1, 0.15) is 43.5 Å². The highest BCUT2D eigenvalue weighted by Crippen LogP contribution is 2.30. The fourth-order valence-electron chi connectivity index (χ4n) is 4.20. The van der Waals surface area contributed by atoms with Crippen LogP contribution in [0.4, 0.5) is 5.69 Å². The van der Waals surface area contributed by atoms with Crippen molar-refractivity contribution in [3.8, 4) is 0 Å². The minimum atomic E-state index is -3.10. The zero-order valence-electron chi connectivity index (χ0n) is 15.0. The molecule has 144 valence electrons. The fraction of sp³-hybridized carbons (Fsp3) is 0.750. The summed E-state index contributed by atoms with van der Waals surface area (Å²) < 4.78 is 25.1. The van der Waals surface area contributed by atoms with Crippen LogP contribution < -0.4 is 0 Å². The number of carbonyl (C=O) groups excluding carboxylic acids is 1. The predicted octanol–water partition coefficient (Wildman–Crippen LogP) is 1.37. The molecule has 0 spiro atoms. The molecule has 2 fully saturated rings. The second-order valence-corrected chi connectivity index (χ2v) is 9.46. The van der Waals surface area contributed by atoms with Crippen molar-refractivity contribution in [1.82, 2.24) is 14.7 Å². The lowest BCUT2D eigenvalue weighted by molar-refractivity contribution is -0.386. The third-order valence-corrected chi connectivity index (χ3v) is 7.17. The van der Waals surface area contributed by atoms with Crippen molar-refractivity contribution in [2.24, 2.45) is 0 Å². The van der Waals surface area contributed by atoms with Gasteiger partial charge in [-0.2, -0.15) is 5.10 Å². The van der Waals surface area contributed by atoms with Crippen LogP contribution in [-0.2, 0) is 21.2 Å². The highest BCUT2D eigenvalue weighted by Gasteiger charge is 2.39. The van der Waals surface area contributed by atoms with Gasteiger partial charge in [-0.05, 0) is 33.1 Å². The summed E-state index contributed by atoms with van der Waals surface area (Å²) in [6, 6.07) is -0.254. The lowest BCUT2D eigenvalue weighted by Gasteiger charge is -2.34. The van der Waals surface area contributed by atoms with E-state index in [9.17, 15) is 23.3 Å². The van der Waals surface area contributed by atoms with Crippen molar-refractivity contribution in [1.29, 1.82) is 0 Å².